The van der Waals surface area contributed by atoms with E-state index in [1.54, 1.807) is 0 Å². The van der Waals surface area contributed by atoms with E-state index in [1.807, 2.05) is 0 Å². The van der Waals surface area contributed by atoms with Crippen molar-refractivity contribution in [2.45, 2.75) is 161 Å². The van der Waals surface area contributed by atoms with Crippen molar-refractivity contribution in [2.75, 3.05) is 13.2 Å². The van der Waals surface area contributed by atoms with Crippen LogP contribution in [0.3, 0.4) is 0 Å². The molecule has 1 N–H and O–H groups in total. The SMILES string of the molecule is CC/C=C\C/C=C\C/C=C\C/C=C\C/C=C\CCCCCCCC(=O)OC(CO)COC(=O)CCCCCC/C=C\C/C=C\C/C=C\C/C=C\CC. The van der Waals surface area contributed by atoms with Gasteiger partial charge in [-0.3, -0.25) is 9.59 Å². The largest absolute Gasteiger partial charge is 0.462 e. The zero-order valence-corrected chi connectivity index (χ0v) is 33.0. The molecule has 1 unspecified atom stereocenters. The molecule has 0 saturated carbocycles. The number of hydrogen-bond donors (Lipinski definition) is 1. The van der Waals surface area contributed by atoms with Gasteiger partial charge in [-0.1, -0.05) is 155 Å². The maximum Gasteiger partial charge on any atom is 0.306 e. The number of hydrogen-bond acceptors (Lipinski definition) is 5. The van der Waals surface area contributed by atoms with Crippen molar-refractivity contribution in [1.82, 2.24) is 0 Å². The molecule has 0 radical (unpaired) electrons. The Morgan fingerprint density at radius 1 is 0.442 bits per heavy atom. The van der Waals surface area contributed by atoms with Crippen LogP contribution >= 0.6 is 0 Å². The van der Waals surface area contributed by atoms with Gasteiger partial charge < -0.3 is 14.6 Å². The smallest absolute Gasteiger partial charge is 0.306 e. The molecule has 0 fully saturated rings. The average molecular weight is 719 g/mol. The fourth-order valence-electron chi connectivity index (χ4n) is 5.04. The summed E-state index contributed by atoms with van der Waals surface area (Å²) in [6.45, 7) is 3.85. The summed E-state index contributed by atoms with van der Waals surface area (Å²) >= 11 is 0. The Kier molecular flexibility index (Phi) is 39.2. The maximum absolute atomic E-state index is 12.2. The quantitative estimate of drug-likeness (QED) is 0.0401. The second kappa shape index (κ2) is 42.0. The predicted molar refractivity (Wildman–Crippen MR) is 223 cm³/mol. The van der Waals surface area contributed by atoms with Crippen LogP contribution in [0.1, 0.15) is 155 Å². The van der Waals surface area contributed by atoms with Crippen LogP contribution in [0.15, 0.2) is 109 Å². The van der Waals surface area contributed by atoms with Gasteiger partial charge in [-0.2, -0.15) is 0 Å². The van der Waals surface area contributed by atoms with E-state index < -0.39 is 6.10 Å². The van der Waals surface area contributed by atoms with Gasteiger partial charge in [0.15, 0.2) is 6.10 Å². The normalized spacial score (nSPS) is 13.4. The number of allylic oxidation sites excluding steroid dienone is 18. The third kappa shape index (κ3) is 39.3. The number of esters is 2. The predicted octanol–water partition coefficient (Wildman–Crippen LogP) is 13.1. The lowest BCUT2D eigenvalue weighted by atomic mass is 10.1. The van der Waals surface area contributed by atoms with Crippen molar-refractivity contribution in [2.24, 2.45) is 0 Å². The van der Waals surface area contributed by atoms with E-state index in [9.17, 15) is 14.7 Å². The number of unbranched alkanes of at least 4 members (excludes halogenated alkanes) is 9. The number of ether oxygens (including phenoxy) is 2. The molecule has 0 aliphatic heterocycles. The van der Waals surface area contributed by atoms with Crippen LogP contribution in [0, 0.1) is 0 Å². The Labute approximate surface area is 319 Å². The Balaban J connectivity index is 3.69. The molecule has 52 heavy (non-hydrogen) atoms. The van der Waals surface area contributed by atoms with Crippen LogP contribution in [0.2, 0.25) is 0 Å². The molecule has 0 amide bonds. The Morgan fingerprint density at radius 2 is 0.769 bits per heavy atom. The van der Waals surface area contributed by atoms with Gasteiger partial charge in [0.25, 0.3) is 0 Å². The molecule has 0 saturated heterocycles. The van der Waals surface area contributed by atoms with Crippen LogP contribution in [-0.4, -0.2) is 36.4 Å². The summed E-state index contributed by atoms with van der Waals surface area (Å²) in [6.07, 6.45) is 60.0. The molecule has 0 bridgehead atoms. The summed E-state index contributed by atoms with van der Waals surface area (Å²) in [6, 6.07) is 0. The number of aliphatic hydroxyl groups excluding tert-OH is 1. The minimum absolute atomic E-state index is 0.0945. The number of carbonyl (C=O) groups is 2. The molecule has 292 valence electrons. The van der Waals surface area contributed by atoms with Gasteiger partial charge in [0.05, 0.1) is 6.61 Å². The molecule has 0 aromatic heterocycles. The maximum atomic E-state index is 12.2. The zero-order chi connectivity index (χ0) is 37.8. The highest BCUT2D eigenvalue weighted by atomic mass is 16.6. The molecule has 5 nitrogen and oxygen atoms in total. The van der Waals surface area contributed by atoms with E-state index >= 15 is 0 Å². The number of rotatable bonds is 35. The van der Waals surface area contributed by atoms with Gasteiger partial charge in [-0.25, -0.2) is 0 Å². The summed E-state index contributed by atoms with van der Waals surface area (Å²) in [7, 11) is 0. The third-order valence-corrected chi connectivity index (χ3v) is 8.06. The molecule has 0 aromatic carbocycles. The van der Waals surface area contributed by atoms with Crippen molar-refractivity contribution >= 4 is 11.9 Å². The van der Waals surface area contributed by atoms with Crippen LogP contribution < -0.4 is 0 Å². The van der Waals surface area contributed by atoms with E-state index in [4.69, 9.17) is 9.47 Å². The second-order valence-corrected chi connectivity index (χ2v) is 12.9. The first-order valence-corrected chi connectivity index (χ1v) is 20.4. The molecule has 5 heteroatoms. The van der Waals surface area contributed by atoms with Crippen LogP contribution in [0.5, 0.6) is 0 Å². The van der Waals surface area contributed by atoms with E-state index in [0.717, 1.165) is 128 Å². The number of carbonyl (C=O) groups excluding carboxylic acids is 2. The highest BCUT2D eigenvalue weighted by molar-refractivity contribution is 5.70. The highest BCUT2D eigenvalue weighted by Crippen LogP contribution is 2.11. The van der Waals surface area contributed by atoms with Gasteiger partial charge in [-0.05, 0) is 96.3 Å². The van der Waals surface area contributed by atoms with Crippen LogP contribution in [0.25, 0.3) is 0 Å². The molecule has 0 rings (SSSR count). The van der Waals surface area contributed by atoms with Crippen molar-refractivity contribution in [3.8, 4) is 0 Å². The van der Waals surface area contributed by atoms with Gasteiger partial charge in [-0.15, -0.1) is 0 Å². The molecule has 0 heterocycles. The fraction of sp³-hybridized carbons (Fsp3) is 0.574. The van der Waals surface area contributed by atoms with Gasteiger partial charge in [0, 0.05) is 12.8 Å². The van der Waals surface area contributed by atoms with Gasteiger partial charge >= 0.3 is 11.9 Å². The molecule has 0 aliphatic carbocycles. The average Bonchev–Trinajstić information content (AvgIpc) is 3.15. The summed E-state index contributed by atoms with van der Waals surface area (Å²) in [5, 5.41) is 9.57. The summed E-state index contributed by atoms with van der Waals surface area (Å²) in [5.74, 6) is -0.653. The van der Waals surface area contributed by atoms with E-state index in [2.05, 4.69) is 123 Å². The lowest BCUT2D eigenvalue weighted by molar-refractivity contribution is -0.161. The van der Waals surface area contributed by atoms with Crippen LogP contribution in [0.4, 0.5) is 0 Å². The Hall–Kier alpha value is -3.44. The molecule has 0 aliphatic rings. The third-order valence-electron chi connectivity index (χ3n) is 8.06. The lowest BCUT2D eigenvalue weighted by Gasteiger charge is -2.15. The molecule has 1 atom stereocenters. The van der Waals surface area contributed by atoms with E-state index in [-0.39, 0.29) is 25.2 Å². The monoisotopic (exact) mass is 719 g/mol. The Morgan fingerprint density at radius 3 is 1.15 bits per heavy atom. The van der Waals surface area contributed by atoms with E-state index in [0.29, 0.717) is 12.8 Å². The summed E-state index contributed by atoms with van der Waals surface area (Å²) < 4.78 is 10.6. The van der Waals surface area contributed by atoms with Gasteiger partial charge in [0.1, 0.15) is 6.61 Å². The molecule has 0 spiro atoms. The molecule has 0 aromatic rings. The van der Waals surface area contributed by atoms with Crippen molar-refractivity contribution in [1.29, 1.82) is 0 Å². The van der Waals surface area contributed by atoms with Gasteiger partial charge in [0.2, 0.25) is 0 Å². The fourth-order valence-corrected chi connectivity index (χ4v) is 5.04. The zero-order valence-electron chi connectivity index (χ0n) is 33.0. The molecular formula is C47H74O5. The first kappa shape index (κ1) is 48.6. The second-order valence-electron chi connectivity index (χ2n) is 12.9. The van der Waals surface area contributed by atoms with Crippen molar-refractivity contribution in [3.63, 3.8) is 0 Å². The number of aliphatic hydroxyl groups is 1. The minimum atomic E-state index is -0.800. The molecular weight excluding hydrogens is 645 g/mol. The Bertz CT molecular complexity index is 1090. The highest BCUT2D eigenvalue weighted by Gasteiger charge is 2.16. The summed E-state index contributed by atoms with van der Waals surface area (Å²) in [4.78, 5) is 24.3. The van der Waals surface area contributed by atoms with Crippen molar-refractivity contribution < 1.29 is 24.2 Å². The lowest BCUT2D eigenvalue weighted by Crippen LogP contribution is -2.28. The topological polar surface area (TPSA) is 72.8 Å². The first-order valence-electron chi connectivity index (χ1n) is 20.4. The van der Waals surface area contributed by atoms with Crippen LogP contribution in [-0.2, 0) is 19.1 Å². The summed E-state index contributed by atoms with van der Waals surface area (Å²) in [5.41, 5.74) is 0. The first-order chi connectivity index (χ1) is 25.6. The standard InChI is InChI=1S/C47H74O5/c1-3-5-7-9-11-13-15-17-19-21-22-23-24-26-28-30-32-34-36-38-40-42-47(50)52-45(43-48)44-51-46(49)41-39-37-35-33-31-29-27-25-20-18-16-14-12-10-8-6-4-2/h5-8,11-14,17-20,22-23,26-29,45,48H,3-4,9-10,15-16,21,24-25,30-44H2,1-2H3/b7-5-,8-6-,13-11-,14-12-,19-17-,20-18-,23-22-,28-26-,29-27-. The minimum Gasteiger partial charge on any atom is -0.462 e. The van der Waals surface area contributed by atoms with Crippen molar-refractivity contribution in [3.05, 3.63) is 109 Å². The van der Waals surface area contributed by atoms with E-state index in [1.165, 1.54) is 0 Å².